The summed E-state index contributed by atoms with van der Waals surface area (Å²) in [5, 5.41) is 7.57. The second-order valence-corrected chi connectivity index (χ2v) is 5.94. The van der Waals surface area contributed by atoms with Crippen LogP contribution in [-0.2, 0) is 32.7 Å². The molecule has 0 aliphatic carbocycles. The highest BCUT2D eigenvalue weighted by Gasteiger charge is 2.11. The van der Waals surface area contributed by atoms with Gasteiger partial charge in [-0.2, -0.15) is 13.1 Å². The van der Waals surface area contributed by atoms with Crippen LogP contribution in [0, 0.1) is 0 Å². The van der Waals surface area contributed by atoms with Crippen LogP contribution in [0.2, 0.25) is 0 Å². The van der Waals surface area contributed by atoms with Gasteiger partial charge in [0.25, 0.3) is 10.2 Å². The van der Waals surface area contributed by atoms with Gasteiger partial charge in [0, 0.05) is 25.2 Å². The van der Waals surface area contributed by atoms with Crippen molar-refractivity contribution in [3.63, 3.8) is 0 Å². The molecule has 0 aliphatic rings. The molecule has 0 bridgehead atoms. The van der Waals surface area contributed by atoms with E-state index in [0.717, 1.165) is 0 Å². The molecule has 0 amide bonds. The van der Waals surface area contributed by atoms with Crippen LogP contribution >= 0.6 is 0 Å². The molecule has 1 aromatic heterocycles. The second kappa shape index (κ2) is 7.31. The lowest BCUT2D eigenvalue weighted by molar-refractivity contribution is -0.141. The summed E-state index contributed by atoms with van der Waals surface area (Å²) in [6, 6.07) is -0.173. The molecule has 10 heteroatoms. The molecule has 1 rings (SSSR count). The minimum atomic E-state index is -3.50. The number of rotatable bonds is 8. The number of nitrogens with one attached hydrogen (secondary N) is 2. The van der Waals surface area contributed by atoms with Crippen LogP contribution in [0.5, 0.6) is 0 Å². The molecule has 0 spiro atoms. The van der Waals surface area contributed by atoms with Gasteiger partial charge in [0.15, 0.2) is 0 Å². The fraction of sp³-hybridized carbons (Fsp3) is 0.700. The summed E-state index contributed by atoms with van der Waals surface area (Å²) in [7, 11) is -2.21. The smallest absolute Gasteiger partial charge is 0.327 e. The third kappa shape index (κ3) is 6.08. The highest BCUT2D eigenvalue weighted by Crippen LogP contribution is 1.95. The maximum absolute atomic E-state index is 11.5. The molecule has 20 heavy (non-hydrogen) atoms. The Morgan fingerprint density at radius 1 is 1.50 bits per heavy atom. The van der Waals surface area contributed by atoms with Crippen molar-refractivity contribution in [1.82, 2.24) is 24.4 Å². The lowest BCUT2D eigenvalue weighted by atomic mass is 10.3. The number of methoxy groups -OCH3 is 1. The molecule has 1 aromatic rings. The Labute approximate surface area is 117 Å². The van der Waals surface area contributed by atoms with Gasteiger partial charge in [-0.3, -0.25) is 4.79 Å². The molecule has 0 saturated heterocycles. The van der Waals surface area contributed by atoms with Crippen LogP contribution in [0.4, 0.5) is 0 Å². The van der Waals surface area contributed by atoms with Gasteiger partial charge in [-0.05, 0) is 13.8 Å². The molecule has 114 valence electrons. The van der Waals surface area contributed by atoms with Crippen LogP contribution in [0.3, 0.4) is 0 Å². The predicted octanol–water partition coefficient (Wildman–Crippen LogP) is -1.17. The summed E-state index contributed by atoms with van der Waals surface area (Å²) in [6.07, 6.45) is 1.95. The quantitative estimate of drug-likeness (QED) is 0.585. The van der Waals surface area contributed by atoms with E-state index in [1.165, 1.54) is 11.8 Å². The molecular formula is C10H19N5O4S. The number of esters is 1. The van der Waals surface area contributed by atoms with E-state index < -0.39 is 16.2 Å². The normalized spacial score (nSPS) is 11.8. The fourth-order valence-electron chi connectivity index (χ4n) is 1.39. The number of aromatic nitrogens is 3. The maximum atomic E-state index is 11.5. The summed E-state index contributed by atoms with van der Waals surface area (Å²) in [6.45, 7) is 3.64. The second-order valence-electron chi connectivity index (χ2n) is 4.40. The van der Waals surface area contributed by atoms with Gasteiger partial charge in [0.05, 0.1) is 12.8 Å². The monoisotopic (exact) mass is 305 g/mol. The van der Waals surface area contributed by atoms with E-state index in [2.05, 4.69) is 24.5 Å². The molecule has 1 heterocycles. The minimum Gasteiger partial charge on any atom is -0.468 e. The zero-order valence-corrected chi connectivity index (χ0v) is 12.5. The third-order valence-electron chi connectivity index (χ3n) is 2.17. The zero-order valence-electron chi connectivity index (χ0n) is 11.7. The first-order valence-corrected chi connectivity index (χ1v) is 7.53. The summed E-state index contributed by atoms with van der Waals surface area (Å²) in [5.74, 6) is -0.428. The number of hydrogen-bond donors (Lipinski definition) is 2. The van der Waals surface area contributed by atoms with Crippen LogP contribution < -0.4 is 9.44 Å². The topological polar surface area (TPSA) is 115 Å². The van der Waals surface area contributed by atoms with Crippen molar-refractivity contribution in [3.05, 3.63) is 11.9 Å². The molecule has 0 saturated carbocycles. The first-order chi connectivity index (χ1) is 9.32. The van der Waals surface area contributed by atoms with Gasteiger partial charge in [-0.25, -0.2) is 9.40 Å². The molecule has 0 fully saturated rings. The van der Waals surface area contributed by atoms with Crippen LogP contribution in [-0.4, -0.2) is 49.1 Å². The predicted molar refractivity (Wildman–Crippen MR) is 70.9 cm³/mol. The number of ether oxygens (including phenoxy) is 1. The number of carbonyl (C=O) groups excluding carboxylic acids is 1. The molecule has 0 atom stereocenters. The lowest BCUT2D eigenvalue weighted by Crippen LogP contribution is -2.41. The minimum absolute atomic E-state index is 0.0237. The Kier molecular flexibility index (Phi) is 6.05. The van der Waals surface area contributed by atoms with Gasteiger partial charge in [-0.15, -0.1) is 5.10 Å². The van der Waals surface area contributed by atoms with Gasteiger partial charge in [0.2, 0.25) is 0 Å². The van der Waals surface area contributed by atoms with E-state index in [1.807, 2.05) is 0 Å². The van der Waals surface area contributed by atoms with E-state index in [9.17, 15) is 13.2 Å². The maximum Gasteiger partial charge on any atom is 0.327 e. The van der Waals surface area contributed by atoms with Crippen molar-refractivity contribution in [1.29, 1.82) is 0 Å². The van der Waals surface area contributed by atoms with E-state index in [1.54, 1.807) is 20.0 Å². The standard InChI is InChI=1S/C10H19N5O4S/c1-8(2)13-20(17,18)11-5-4-9-6-15(14-12-9)7-10(16)19-3/h6,8,11,13H,4-5,7H2,1-3H3. The largest absolute Gasteiger partial charge is 0.468 e. The van der Waals surface area contributed by atoms with Gasteiger partial charge < -0.3 is 4.74 Å². The van der Waals surface area contributed by atoms with Crippen molar-refractivity contribution >= 4 is 16.2 Å². The SMILES string of the molecule is COC(=O)Cn1cc(CCNS(=O)(=O)NC(C)C)nn1. The molecular weight excluding hydrogens is 286 g/mol. The van der Waals surface area contributed by atoms with Gasteiger partial charge in [0.1, 0.15) is 6.54 Å². The van der Waals surface area contributed by atoms with E-state index in [4.69, 9.17) is 0 Å². The fourth-order valence-corrected chi connectivity index (χ4v) is 2.47. The molecule has 0 aromatic carbocycles. The van der Waals surface area contributed by atoms with Crippen molar-refractivity contribution in [3.8, 4) is 0 Å². The van der Waals surface area contributed by atoms with E-state index >= 15 is 0 Å². The summed E-state index contributed by atoms with van der Waals surface area (Å²) in [5.41, 5.74) is 0.584. The molecule has 9 nitrogen and oxygen atoms in total. The first-order valence-electron chi connectivity index (χ1n) is 6.05. The number of hydrogen-bond acceptors (Lipinski definition) is 6. The summed E-state index contributed by atoms with van der Waals surface area (Å²) in [4.78, 5) is 11.0. The first kappa shape index (κ1) is 16.5. The van der Waals surface area contributed by atoms with Crippen LogP contribution in [0.1, 0.15) is 19.5 Å². The Morgan fingerprint density at radius 3 is 2.80 bits per heavy atom. The van der Waals surface area contributed by atoms with Crippen molar-refractivity contribution < 1.29 is 17.9 Å². The van der Waals surface area contributed by atoms with Gasteiger partial charge >= 0.3 is 5.97 Å². The van der Waals surface area contributed by atoms with Crippen molar-refractivity contribution in [2.24, 2.45) is 0 Å². The van der Waals surface area contributed by atoms with Crippen molar-refractivity contribution in [2.45, 2.75) is 32.9 Å². The highest BCUT2D eigenvalue weighted by atomic mass is 32.2. The summed E-state index contributed by atoms with van der Waals surface area (Å²) < 4.78 is 33.6. The Bertz CT molecular complexity index is 540. The van der Waals surface area contributed by atoms with Gasteiger partial charge in [-0.1, -0.05) is 5.21 Å². The van der Waals surface area contributed by atoms with E-state index in [0.29, 0.717) is 12.1 Å². The van der Waals surface area contributed by atoms with E-state index in [-0.39, 0.29) is 19.1 Å². The molecule has 0 radical (unpaired) electrons. The Hall–Kier alpha value is -1.52. The highest BCUT2D eigenvalue weighted by molar-refractivity contribution is 7.87. The molecule has 2 N–H and O–H groups in total. The van der Waals surface area contributed by atoms with Crippen LogP contribution in [0.25, 0.3) is 0 Å². The Balaban J connectivity index is 2.41. The average molecular weight is 305 g/mol. The van der Waals surface area contributed by atoms with Crippen molar-refractivity contribution in [2.75, 3.05) is 13.7 Å². The zero-order chi connectivity index (χ0) is 15.2. The number of carbonyl (C=O) groups is 1. The summed E-state index contributed by atoms with van der Waals surface area (Å²) >= 11 is 0. The van der Waals surface area contributed by atoms with Crippen LogP contribution in [0.15, 0.2) is 6.20 Å². The molecule has 0 unspecified atom stereocenters. The molecule has 0 aliphatic heterocycles. The number of nitrogens with zero attached hydrogens (tertiary/aromatic N) is 3. The third-order valence-corrected chi connectivity index (χ3v) is 3.53. The lowest BCUT2D eigenvalue weighted by Gasteiger charge is -2.09. The Morgan fingerprint density at radius 2 is 2.20 bits per heavy atom. The average Bonchev–Trinajstić information content (AvgIpc) is 2.74.